The number of nitrogens with zero attached hydrogens (tertiary/aromatic N) is 3. The Bertz CT molecular complexity index is 304. The van der Waals surface area contributed by atoms with Crippen LogP contribution in [-0.4, -0.2) is 40.1 Å². The van der Waals surface area contributed by atoms with Crippen LogP contribution in [0.2, 0.25) is 0 Å². The van der Waals surface area contributed by atoms with Gasteiger partial charge in [-0.3, -0.25) is 0 Å². The van der Waals surface area contributed by atoms with Crippen molar-refractivity contribution >= 4 is 5.95 Å². The molecular formula is C12H24N4. The lowest BCUT2D eigenvalue weighted by molar-refractivity contribution is 0.263. The van der Waals surface area contributed by atoms with Gasteiger partial charge < -0.3 is 14.8 Å². The summed E-state index contributed by atoms with van der Waals surface area (Å²) in [5, 5.41) is 3.34. The van der Waals surface area contributed by atoms with E-state index in [9.17, 15) is 0 Å². The summed E-state index contributed by atoms with van der Waals surface area (Å²) in [6, 6.07) is 1.01. The molecule has 0 aliphatic rings. The molecule has 0 amide bonds. The maximum absolute atomic E-state index is 4.31. The molecule has 0 saturated carbocycles. The van der Waals surface area contributed by atoms with Gasteiger partial charge >= 0.3 is 0 Å². The molecule has 1 aromatic rings. The molecule has 0 unspecified atom stereocenters. The molecule has 92 valence electrons. The fraction of sp³-hybridized carbons (Fsp3) is 0.750. The smallest absolute Gasteiger partial charge is 0.203 e. The summed E-state index contributed by atoms with van der Waals surface area (Å²) in [7, 11) is 2.15. The highest BCUT2D eigenvalue weighted by Crippen LogP contribution is 2.06. The Hall–Kier alpha value is -1.03. The van der Waals surface area contributed by atoms with Crippen molar-refractivity contribution in [3.63, 3.8) is 0 Å². The Kier molecular flexibility index (Phi) is 4.80. The van der Waals surface area contributed by atoms with Gasteiger partial charge in [0.1, 0.15) is 0 Å². The second-order valence-electron chi connectivity index (χ2n) is 4.82. The molecule has 0 radical (unpaired) electrons. The first-order valence-corrected chi connectivity index (χ1v) is 5.98. The van der Waals surface area contributed by atoms with Crippen molar-refractivity contribution in [3.05, 3.63) is 12.4 Å². The number of imidazole rings is 1. The van der Waals surface area contributed by atoms with Crippen LogP contribution < -0.4 is 5.32 Å². The topological polar surface area (TPSA) is 33.1 Å². The van der Waals surface area contributed by atoms with Gasteiger partial charge in [0.25, 0.3) is 0 Å². The monoisotopic (exact) mass is 224 g/mol. The molecule has 0 spiro atoms. The van der Waals surface area contributed by atoms with Crippen LogP contribution in [0.15, 0.2) is 12.4 Å². The van der Waals surface area contributed by atoms with E-state index >= 15 is 0 Å². The fourth-order valence-corrected chi connectivity index (χ4v) is 1.41. The van der Waals surface area contributed by atoms with Crippen LogP contribution >= 0.6 is 0 Å². The second-order valence-corrected chi connectivity index (χ2v) is 4.82. The highest BCUT2D eigenvalue weighted by molar-refractivity contribution is 5.26. The summed E-state index contributed by atoms with van der Waals surface area (Å²) >= 11 is 0. The molecule has 1 N–H and O–H groups in total. The normalized spacial score (nSPS) is 11.8. The van der Waals surface area contributed by atoms with Crippen molar-refractivity contribution in [2.75, 3.05) is 18.9 Å². The van der Waals surface area contributed by atoms with Gasteiger partial charge in [-0.05, 0) is 34.7 Å². The van der Waals surface area contributed by atoms with Crippen molar-refractivity contribution in [3.8, 4) is 0 Å². The number of rotatable bonds is 6. The Balaban J connectivity index is 2.50. The largest absolute Gasteiger partial charge is 0.353 e. The molecule has 0 aliphatic heterocycles. The number of nitrogens with one attached hydrogen (secondary N) is 1. The summed E-state index contributed by atoms with van der Waals surface area (Å²) < 4.78 is 2.17. The van der Waals surface area contributed by atoms with E-state index in [1.165, 1.54) is 0 Å². The zero-order valence-electron chi connectivity index (χ0n) is 11.1. The third-order valence-corrected chi connectivity index (χ3v) is 2.71. The number of hydrogen-bond donors (Lipinski definition) is 1. The van der Waals surface area contributed by atoms with Crippen molar-refractivity contribution in [2.45, 2.75) is 46.3 Å². The highest BCUT2D eigenvalue weighted by Gasteiger charge is 2.06. The van der Waals surface area contributed by atoms with Crippen LogP contribution in [0, 0.1) is 0 Å². The molecule has 0 bridgehead atoms. The van der Waals surface area contributed by atoms with Gasteiger partial charge in [0.05, 0.1) is 0 Å². The van der Waals surface area contributed by atoms with Crippen molar-refractivity contribution in [1.29, 1.82) is 0 Å². The molecule has 4 nitrogen and oxygen atoms in total. The summed E-state index contributed by atoms with van der Waals surface area (Å²) in [6.07, 6.45) is 3.87. The molecule has 0 saturated heterocycles. The lowest BCUT2D eigenvalue weighted by Gasteiger charge is -2.21. The molecule has 1 heterocycles. The van der Waals surface area contributed by atoms with Crippen molar-refractivity contribution in [2.24, 2.45) is 0 Å². The minimum absolute atomic E-state index is 0.420. The lowest BCUT2D eigenvalue weighted by Crippen LogP contribution is -2.30. The maximum Gasteiger partial charge on any atom is 0.203 e. The van der Waals surface area contributed by atoms with Crippen LogP contribution in [0.4, 0.5) is 5.95 Å². The molecule has 16 heavy (non-hydrogen) atoms. The Morgan fingerprint density at radius 3 is 2.62 bits per heavy atom. The standard InChI is InChI=1S/C12H24N4/c1-10(2)14-12-13-6-7-16(12)9-8-15(5)11(3)4/h6-7,10-11H,8-9H2,1-5H3,(H,13,14). The van der Waals surface area contributed by atoms with Crippen LogP contribution in [0.5, 0.6) is 0 Å². The van der Waals surface area contributed by atoms with E-state index < -0.39 is 0 Å². The molecule has 1 aromatic heterocycles. The quantitative estimate of drug-likeness (QED) is 0.802. The van der Waals surface area contributed by atoms with Gasteiger partial charge in [0.2, 0.25) is 5.95 Å². The van der Waals surface area contributed by atoms with Gasteiger partial charge in [0.15, 0.2) is 0 Å². The van der Waals surface area contributed by atoms with Crippen LogP contribution in [0.3, 0.4) is 0 Å². The molecular weight excluding hydrogens is 200 g/mol. The van der Waals surface area contributed by atoms with Crippen molar-refractivity contribution in [1.82, 2.24) is 14.5 Å². The Morgan fingerprint density at radius 2 is 2.06 bits per heavy atom. The maximum atomic E-state index is 4.31. The average molecular weight is 224 g/mol. The third kappa shape index (κ3) is 3.85. The Labute approximate surface area is 98.7 Å². The fourth-order valence-electron chi connectivity index (χ4n) is 1.41. The molecule has 4 heteroatoms. The van der Waals surface area contributed by atoms with Gasteiger partial charge in [-0.1, -0.05) is 0 Å². The second kappa shape index (κ2) is 5.89. The lowest BCUT2D eigenvalue weighted by atomic mass is 10.3. The Morgan fingerprint density at radius 1 is 1.38 bits per heavy atom. The van der Waals surface area contributed by atoms with E-state index in [0.717, 1.165) is 19.0 Å². The van der Waals surface area contributed by atoms with E-state index in [-0.39, 0.29) is 0 Å². The van der Waals surface area contributed by atoms with E-state index in [2.05, 4.69) is 54.5 Å². The number of likely N-dealkylation sites (N-methyl/N-ethyl adjacent to an activating group) is 1. The third-order valence-electron chi connectivity index (χ3n) is 2.71. The SMILES string of the molecule is CC(C)Nc1nccn1CCN(C)C(C)C. The minimum atomic E-state index is 0.420. The molecule has 1 rings (SSSR count). The summed E-state index contributed by atoms with van der Waals surface area (Å²) in [6.45, 7) is 10.7. The predicted octanol–water partition coefficient (Wildman–Crippen LogP) is 2.04. The summed E-state index contributed by atoms with van der Waals surface area (Å²) in [5.74, 6) is 0.965. The number of aromatic nitrogens is 2. The van der Waals surface area contributed by atoms with Crippen molar-refractivity contribution < 1.29 is 0 Å². The summed E-state index contributed by atoms with van der Waals surface area (Å²) in [4.78, 5) is 6.64. The van der Waals surface area contributed by atoms with E-state index in [0.29, 0.717) is 12.1 Å². The van der Waals surface area contributed by atoms with Crippen LogP contribution in [0.25, 0.3) is 0 Å². The van der Waals surface area contributed by atoms with Gasteiger partial charge in [-0.15, -0.1) is 0 Å². The number of anilines is 1. The highest BCUT2D eigenvalue weighted by atomic mass is 15.2. The van der Waals surface area contributed by atoms with Crippen LogP contribution in [-0.2, 0) is 6.54 Å². The molecule has 0 aliphatic carbocycles. The summed E-state index contributed by atoms with van der Waals surface area (Å²) in [5.41, 5.74) is 0. The van der Waals surface area contributed by atoms with E-state index in [1.807, 2.05) is 12.4 Å². The molecule has 0 aromatic carbocycles. The van der Waals surface area contributed by atoms with Crippen LogP contribution in [0.1, 0.15) is 27.7 Å². The van der Waals surface area contributed by atoms with E-state index in [4.69, 9.17) is 0 Å². The molecule has 0 fully saturated rings. The van der Waals surface area contributed by atoms with Gasteiger partial charge in [-0.2, -0.15) is 0 Å². The van der Waals surface area contributed by atoms with Gasteiger partial charge in [-0.25, -0.2) is 4.98 Å². The van der Waals surface area contributed by atoms with Gasteiger partial charge in [0, 0.05) is 37.6 Å². The number of hydrogen-bond acceptors (Lipinski definition) is 3. The predicted molar refractivity (Wildman–Crippen MR) is 68.8 cm³/mol. The zero-order chi connectivity index (χ0) is 12.1. The average Bonchev–Trinajstić information content (AvgIpc) is 2.60. The first kappa shape index (κ1) is 13.0. The zero-order valence-corrected chi connectivity index (χ0v) is 11.1. The first-order valence-electron chi connectivity index (χ1n) is 5.98. The first-order chi connectivity index (χ1) is 7.50. The minimum Gasteiger partial charge on any atom is -0.353 e. The van der Waals surface area contributed by atoms with E-state index in [1.54, 1.807) is 0 Å². The molecule has 0 atom stereocenters.